The number of carbonyl (C=O) groups excluding carboxylic acids is 1. The maximum atomic E-state index is 12.9. The molecule has 10 nitrogen and oxygen atoms in total. The maximum absolute atomic E-state index is 12.9. The van der Waals surface area contributed by atoms with Crippen molar-refractivity contribution < 1.29 is 14.3 Å². The summed E-state index contributed by atoms with van der Waals surface area (Å²) in [4.78, 5) is 27.6. The molecule has 38 heavy (non-hydrogen) atoms. The number of ether oxygens (including phenoxy) is 2. The molecular weight excluding hydrogens is 506 g/mol. The van der Waals surface area contributed by atoms with Crippen molar-refractivity contribution in [2.24, 2.45) is 0 Å². The zero-order valence-electron chi connectivity index (χ0n) is 21.8. The lowest BCUT2D eigenvalue weighted by molar-refractivity contribution is 0.00586. The van der Waals surface area contributed by atoms with Crippen LogP contribution in [-0.2, 0) is 4.74 Å². The van der Waals surface area contributed by atoms with Crippen molar-refractivity contribution in [2.45, 2.75) is 58.2 Å². The molecule has 11 heteroatoms. The van der Waals surface area contributed by atoms with Crippen molar-refractivity contribution in [3.05, 3.63) is 53.9 Å². The average Bonchev–Trinajstić information content (AvgIpc) is 3.26. The Morgan fingerprint density at radius 3 is 2.53 bits per heavy atom. The topological polar surface area (TPSA) is 121 Å². The van der Waals surface area contributed by atoms with Crippen molar-refractivity contribution >= 4 is 34.5 Å². The standard InChI is InChI=1S/C27H30ClN7O3/c1-16-5-9-19(14-34(16)26(36)38-27(2,3)4)35-25-22(24(29)31-15-32-25)23(33-35)17-6-10-20(11-7-17)37-21-12-8-18(28)13-30-21/h6-8,10-13,15-16,19H,5,9,14H2,1-4H3,(H2,29,31,32). The highest BCUT2D eigenvalue weighted by Gasteiger charge is 2.34. The molecule has 4 heterocycles. The number of carbonyl (C=O) groups is 1. The molecule has 1 fully saturated rings. The van der Waals surface area contributed by atoms with Crippen molar-refractivity contribution in [2.75, 3.05) is 12.3 Å². The van der Waals surface area contributed by atoms with Crippen LogP contribution in [0.3, 0.4) is 0 Å². The number of likely N-dealkylation sites (tertiary alicyclic amines) is 1. The van der Waals surface area contributed by atoms with E-state index in [0.717, 1.165) is 18.4 Å². The van der Waals surface area contributed by atoms with Crippen LogP contribution < -0.4 is 10.5 Å². The van der Waals surface area contributed by atoms with Gasteiger partial charge in [-0.15, -0.1) is 0 Å². The third-order valence-electron chi connectivity index (χ3n) is 6.40. The molecule has 0 spiro atoms. The van der Waals surface area contributed by atoms with Crippen LogP contribution in [0.1, 0.15) is 46.6 Å². The lowest BCUT2D eigenvalue weighted by Gasteiger charge is -2.38. The molecule has 4 aromatic rings. The Morgan fingerprint density at radius 2 is 1.84 bits per heavy atom. The highest BCUT2D eigenvalue weighted by Crippen LogP contribution is 2.36. The molecule has 0 aliphatic carbocycles. The molecule has 0 radical (unpaired) electrons. The Morgan fingerprint density at radius 1 is 1.08 bits per heavy atom. The van der Waals surface area contributed by atoms with Gasteiger partial charge in [-0.2, -0.15) is 5.10 Å². The minimum absolute atomic E-state index is 0.0600. The Hall–Kier alpha value is -3.92. The number of nitrogens with zero attached hydrogens (tertiary/aromatic N) is 6. The number of amides is 1. The predicted octanol–water partition coefficient (Wildman–Crippen LogP) is 5.88. The average molecular weight is 536 g/mol. The molecule has 198 valence electrons. The van der Waals surface area contributed by atoms with E-state index < -0.39 is 5.60 Å². The van der Waals surface area contributed by atoms with Gasteiger partial charge in [0.25, 0.3) is 0 Å². The van der Waals surface area contributed by atoms with Crippen molar-refractivity contribution in [3.8, 4) is 22.9 Å². The number of fused-ring (bicyclic) bond motifs is 1. The van der Waals surface area contributed by atoms with E-state index in [2.05, 4.69) is 15.0 Å². The van der Waals surface area contributed by atoms with Gasteiger partial charge < -0.3 is 20.1 Å². The van der Waals surface area contributed by atoms with E-state index in [9.17, 15) is 4.79 Å². The van der Waals surface area contributed by atoms with Gasteiger partial charge in [0.1, 0.15) is 29.2 Å². The van der Waals surface area contributed by atoms with Gasteiger partial charge in [-0.3, -0.25) is 0 Å². The first-order valence-corrected chi connectivity index (χ1v) is 12.8. The van der Waals surface area contributed by atoms with Crippen LogP contribution in [0, 0.1) is 0 Å². The van der Waals surface area contributed by atoms with E-state index in [1.165, 1.54) is 12.5 Å². The molecule has 1 aromatic carbocycles. The zero-order chi connectivity index (χ0) is 27.0. The van der Waals surface area contributed by atoms with Gasteiger partial charge in [-0.1, -0.05) is 11.6 Å². The first-order chi connectivity index (χ1) is 18.1. The second kappa shape index (κ2) is 10.1. The normalized spacial score (nSPS) is 18.0. The Bertz CT molecular complexity index is 1450. The quantitative estimate of drug-likeness (QED) is 0.344. The largest absolute Gasteiger partial charge is 0.444 e. The lowest BCUT2D eigenvalue weighted by atomic mass is 10.00. The molecule has 1 aliphatic rings. The minimum Gasteiger partial charge on any atom is -0.444 e. The van der Waals surface area contributed by atoms with E-state index in [4.69, 9.17) is 31.9 Å². The summed E-state index contributed by atoms with van der Waals surface area (Å²) in [5.41, 5.74) is 7.87. The van der Waals surface area contributed by atoms with Crippen LogP contribution in [0.2, 0.25) is 5.02 Å². The number of halogens is 1. The van der Waals surface area contributed by atoms with Crippen molar-refractivity contribution in [3.63, 3.8) is 0 Å². The second-order valence-corrected chi connectivity index (χ2v) is 10.8. The van der Waals surface area contributed by atoms with E-state index in [-0.39, 0.29) is 18.2 Å². The number of nitrogen functional groups attached to an aromatic ring is 1. The fourth-order valence-electron chi connectivity index (χ4n) is 4.54. The third kappa shape index (κ3) is 5.35. The van der Waals surface area contributed by atoms with Gasteiger partial charge in [-0.25, -0.2) is 24.4 Å². The van der Waals surface area contributed by atoms with Gasteiger partial charge in [0.2, 0.25) is 5.88 Å². The first kappa shape index (κ1) is 25.7. The maximum Gasteiger partial charge on any atom is 0.410 e. The van der Waals surface area contributed by atoms with E-state index in [1.807, 2.05) is 56.6 Å². The zero-order valence-corrected chi connectivity index (χ0v) is 22.5. The second-order valence-electron chi connectivity index (χ2n) is 10.4. The number of hydrogen-bond acceptors (Lipinski definition) is 8. The van der Waals surface area contributed by atoms with E-state index in [1.54, 1.807) is 17.0 Å². The highest BCUT2D eigenvalue weighted by atomic mass is 35.5. The third-order valence-corrected chi connectivity index (χ3v) is 6.62. The Balaban J connectivity index is 1.45. The number of piperidine rings is 1. The molecule has 0 bridgehead atoms. The Labute approximate surface area is 225 Å². The summed E-state index contributed by atoms with van der Waals surface area (Å²) in [6, 6.07) is 10.9. The number of benzene rings is 1. The summed E-state index contributed by atoms with van der Waals surface area (Å²) in [7, 11) is 0. The number of aromatic nitrogens is 5. The smallest absolute Gasteiger partial charge is 0.410 e. The van der Waals surface area contributed by atoms with Gasteiger partial charge in [0.15, 0.2) is 5.65 Å². The Kier molecular flexibility index (Phi) is 6.83. The molecule has 2 atom stereocenters. The van der Waals surface area contributed by atoms with Gasteiger partial charge >= 0.3 is 6.09 Å². The van der Waals surface area contributed by atoms with Gasteiger partial charge in [0.05, 0.1) is 16.5 Å². The van der Waals surface area contributed by atoms with Gasteiger partial charge in [-0.05, 0) is 70.9 Å². The summed E-state index contributed by atoms with van der Waals surface area (Å²) in [6.45, 7) is 8.10. The molecule has 5 rings (SSSR count). The molecule has 3 aromatic heterocycles. The number of rotatable bonds is 4. The summed E-state index contributed by atoms with van der Waals surface area (Å²) in [5, 5.41) is 6.16. The summed E-state index contributed by atoms with van der Waals surface area (Å²) in [6.07, 6.45) is 4.29. The first-order valence-electron chi connectivity index (χ1n) is 12.5. The lowest BCUT2D eigenvalue weighted by Crippen LogP contribution is -2.48. The molecule has 1 saturated heterocycles. The summed E-state index contributed by atoms with van der Waals surface area (Å²) in [5.74, 6) is 1.40. The monoisotopic (exact) mass is 535 g/mol. The van der Waals surface area contributed by atoms with Crippen LogP contribution in [-0.4, -0.2) is 53.9 Å². The van der Waals surface area contributed by atoms with Crippen LogP contribution in [0.4, 0.5) is 10.6 Å². The number of anilines is 1. The number of nitrogens with two attached hydrogens (primary N) is 1. The van der Waals surface area contributed by atoms with E-state index in [0.29, 0.717) is 45.7 Å². The molecule has 2 unspecified atom stereocenters. The molecule has 0 saturated carbocycles. The van der Waals surface area contributed by atoms with Crippen molar-refractivity contribution in [1.29, 1.82) is 0 Å². The van der Waals surface area contributed by atoms with Crippen LogP contribution in [0.5, 0.6) is 11.6 Å². The van der Waals surface area contributed by atoms with Gasteiger partial charge in [0, 0.05) is 30.4 Å². The SMILES string of the molecule is CC1CCC(n2nc(-c3ccc(Oc4ccc(Cl)cn4)cc3)c3c(N)ncnc32)CN1C(=O)OC(C)(C)C. The summed E-state index contributed by atoms with van der Waals surface area (Å²) >= 11 is 5.90. The van der Waals surface area contributed by atoms with Crippen molar-refractivity contribution in [1.82, 2.24) is 29.6 Å². The molecular formula is C27H30ClN7O3. The molecule has 2 N–H and O–H groups in total. The number of hydrogen-bond donors (Lipinski definition) is 1. The van der Waals surface area contributed by atoms with E-state index >= 15 is 0 Å². The predicted molar refractivity (Wildman–Crippen MR) is 145 cm³/mol. The van der Waals surface area contributed by atoms with Crippen LogP contribution >= 0.6 is 11.6 Å². The summed E-state index contributed by atoms with van der Waals surface area (Å²) < 4.78 is 13.4. The number of pyridine rings is 1. The highest BCUT2D eigenvalue weighted by molar-refractivity contribution is 6.30. The molecule has 1 amide bonds. The fraction of sp³-hybridized carbons (Fsp3) is 0.370. The fourth-order valence-corrected chi connectivity index (χ4v) is 4.65. The minimum atomic E-state index is -0.573. The van der Waals surface area contributed by atoms with Crippen LogP contribution in [0.15, 0.2) is 48.9 Å². The molecule has 1 aliphatic heterocycles. The van der Waals surface area contributed by atoms with Crippen LogP contribution in [0.25, 0.3) is 22.3 Å².